The van der Waals surface area contributed by atoms with Gasteiger partial charge in [-0.3, -0.25) is 4.68 Å². The summed E-state index contributed by atoms with van der Waals surface area (Å²) in [6.07, 6.45) is 3.80. The molecule has 0 saturated heterocycles. The first-order valence-corrected chi connectivity index (χ1v) is 6.01. The normalized spacial score (nSPS) is 12.9. The van der Waals surface area contributed by atoms with E-state index in [2.05, 4.69) is 34.2 Å². The fourth-order valence-electron chi connectivity index (χ4n) is 1.44. The zero-order chi connectivity index (χ0) is 10.5. The molecule has 15 heavy (non-hydrogen) atoms. The molecule has 2 heterocycles. The van der Waals surface area contributed by atoms with Crippen LogP contribution < -0.4 is 5.32 Å². The molecule has 0 unspecified atom stereocenters. The summed E-state index contributed by atoms with van der Waals surface area (Å²) in [5, 5.41) is 11.9. The molecule has 1 atom stereocenters. The monoisotopic (exact) mass is 221 g/mol. The highest BCUT2D eigenvalue weighted by molar-refractivity contribution is 7.07. The highest BCUT2D eigenvalue weighted by Gasteiger charge is 2.02. The van der Waals surface area contributed by atoms with Crippen molar-refractivity contribution in [1.82, 2.24) is 15.1 Å². The van der Waals surface area contributed by atoms with Crippen molar-refractivity contribution in [2.24, 2.45) is 0 Å². The molecule has 0 aliphatic rings. The first kappa shape index (κ1) is 10.4. The van der Waals surface area contributed by atoms with Gasteiger partial charge in [0, 0.05) is 25.0 Å². The van der Waals surface area contributed by atoms with E-state index in [1.165, 1.54) is 5.56 Å². The Balaban J connectivity index is 1.76. The molecule has 4 heteroatoms. The molecule has 0 radical (unpaired) electrons. The molecule has 2 aromatic rings. The third kappa shape index (κ3) is 3.18. The van der Waals surface area contributed by atoms with Crippen LogP contribution in [0.15, 0.2) is 35.3 Å². The molecule has 0 fully saturated rings. The Bertz CT molecular complexity index is 366. The van der Waals surface area contributed by atoms with Crippen LogP contribution in [0.2, 0.25) is 0 Å². The summed E-state index contributed by atoms with van der Waals surface area (Å²) < 4.78 is 1.95. The van der Waals surface area contributed by atoms with Gasteiger partial charge >= 0.3 is 0 Å². The van der Waals surface area contributed by atoms with E-state index >= 15 is 0 Å². The lowest BCUT2D eigenvalue weighted by molar-refractivity contribution is 0.451. The maximum absolute atomic E-state index is 4.18. The van der Waals surface area contributed by atoms with Gasteiger partial charge in [0.2, 0.25) is 0 Å². The van der Waals surface area contributed by atoms with E-state index in [0.29, 0.717) is 6.04 Å². The van der Waals surface area contributed by atoms with Crippen molar-refractivity contribution in [3.8, 4) is 0 Å². The molecular weight excluding hydrogens is 206 g/mol. The summed E-state index contributed by atoms with van der Waals surface area (Å²) in [6.45, 7) is 4.02. The second-order valence-corrected chi connectivity index (χ2v) is 4.42. The van der Waals surface area contributed by atoms with Crippen LogP contribution in [0.4, 0.5) is 0 Å². The summed E-state index contributed by atoms with van der Waals surface area (Å²) in [7, 11) is 0. The first-order chi connectivity index (χ1) is 7.34. The quantitative estimate of drug-likeness (QED) is 0.838. The average Bonchev–Trinajstić information content (AvgIpc) is 2.86. The fraction of sp³-hybridized carbons (Fsp3) is 0.364. The third-order valence-electron chi connectivity index (χ3n) is 2.25. The van der Waals surface area contributed by atoms with Crippen LogP contribution in [-0.2, 0) is 13.1 Å². The van der Waals surface area contributed by atoms with Gasteiger partial charge in [0.05, 0.1) is 6.54 Å². The van der Waals surface area contributed by atoms with E-state index in [4.69, 9.17) is 0 Å². The lowest BCUT2D eigenvalue weighted by atomic mass is 10.3. The second kappa shape index (κ2) is 5.09. The standard InChI is InChI=1S/C11H15N3S/c1-10(8-14-5-2-4-13-14)12-7-11-3-6-15-9-11/h2-6,9-10,12H,7-8H2,1H3/t10-/m1/s1. The van der Waals surface area contributed by atoms with Gasteiger partial charge in [-0.05, 0) is 35.4 Å². The fourth-order valence-corrected chi connectivity index (χ4v) is 2.11. The number of hydrogen-bond acceptors (Lipinski definition) is 3. The maximum Gasteiger partial charge on any atom is 0.0560 e. The van der Waals surface area contributed by atoms with Crippen LogP contribution in [-0.4, -0.2) is 15.8 Å². The number of rotatable bonds is 5. The summed E-state index contributed by atoms with van der Waals surface area (Å²) in [5.74, 6) is 0. The Morgan fingerprint density at radius 3 is 3.20 bits per heavy atom. The van der Waals surface area contributed by atoms with Crippen molar-refractivity contribution < 1.29 is 0 Å². The first-order valence-electron chi connectivity index (χ1n) is 5.06. The number of thiophene rings is 1. The molecule has 0 amide bonds. The Hall–Kier alpha value is -1.13. The van der Waals surface area contributed by atoms with Crippen LogP contribution in [0.5, 0.6) is 0 Å². The van der Waals surface area contributed by atoms with E-state index < -0.39 is 0 Å². The van der Waals surface area contributed by atoms with Crippen molar-refractivity contribution in [3.05, 3.63) is 40.8 Å². The van der Waals surface area contributed by atoms with Crippen molar-refractivity contribution in [1.29, 1.82) is 0 Å². The van der Waals surface area contributed by atoms with Gasteiger partial charge in [-0.15, -0.1) is 0 Å². The number of aromatic nitrogens is 2. The van der Waals surface area contributed by atoms with Crippen LogP contribution in [0.25, 0.3) is 0 Å². The number of nitrogens with zero attached hydrogens (tertiary/aromatic N) is 2. The van der Waals surface area contributed by atoms with Gasteiger partial charge in [-0.1, -0.05) is 0 Å². The van der Waals surface area contributed by atoms with Gasteiger partial charge in [-0.2, -0.15) is 16.4 Å². The van der Waals surface area contributed by atoms with Gasteiger partial charge in [0.25, 0.3) is 0 Å². The van der Waals surface area contributed by atoms with E-state index in [1.807, 2.05) is 23.1 Å². The predicted molar refractivity (Wildman–Crippen MR) is 62.8 cm³/mol. The molecular formula is C11H15N3S. The minimum Gasteiger partial charge on any atom is -0.308 e. The topological polar surface area (TPSA) is 29.9 Å². The third-order valence-corrected chi connectivity index (χ3v) is 2.99. The zero-order valence-electron chi connectivity index (χ0n) is 8.76. The Kier molecular flexibility index (Phi) is 3.53. The summed E-state index contributed by atoms with van der Waals surface area (Å²) in [5.41, 5.74) is 1.35. The molecule has 1 N–H and O–H groups in total. The van der Waals surface area contributed by atoms with E-state index in [1.54, 1.807) is 11.3 Å². The molecule has 0 aromatic carbocycles. The van der Waals surface area contributed by atoms with Gasteiger partial charge in [0.1, 0.15) is 0 Å². The lowest BCUT2D eigenvalue weighted by Gasteiger charge is -2.13. The Labute approximate surface area is 93.7 Å². The summed E-state index contributed by atoms with van der Waals surface area (Å²) in [6, 6.07) is 4.54. The molecule has 0 bridgehead atoms. The lowest BCUT2D eigenvalue weighted by Crippen LogP contribution is -2.29. The predicted octanol–water partition coefficient (Wildman–Crippen LogP) is 2.12. The largest absolute Gasteiger partial charge is 0.308 e. The average molecular weight is 221 g/mol. The van der Waals surface area contributed by atoms with Crippen LogP contribution in [0, 0.1) is 0 Å². The Morgan fingerprint density at radius 1 is 1.60 bits per heavy atom. The highest BCUT2D eigenvalue weighted by atomic mass is 32.1. The van der Waals surface area contributed by atoms with Crippen molar-refractivity contribution in [2.75, 3.05) is 0 Å². The molecule has 2 aromatic heterocycles. The highest BCUT2D eigenvalue weighted by Crippen LogP contribution is 2.05. The molecule has 80 valence electrons. The van der Waals surface area contributed by atoms with Crippen molar-refractivity contribution in [3.63, 3.8) is 0 Å². The smallest absolute Gasteiger partial charge is 0.0560 e. The molecule has 3 nitrogen and oxygen atoms in total. The molecule has 0 spiro atoms. The number of hydrogen-bond donors (Lipinski definition) is 1. The molecule has 0 aliphatic carbocycles. The summed E-state index contributed by atoms with van der Waals surface area (Å²) >= 11 is 1.74. The van der Waals surface area contributed by atoms with Gasteiger partial charge in [-0.25, -0.2) is 0 Å². The maximum atomic E-state index is 4.18. The second-order valence-electron chi connectivity index (χ2n) is 3.64. The van der Waals surface area contributed by atoms with E-state index in [9.17, 15) is 0 Å². The van der Waals surface area contributed by atoms with Crippen LogP contribution in [0.3, 0.4) is 0 Å². The van der Waals surface area contributed by atoms with Gasteiger partial charge in [0.15, 0.2) is 0 Å². The van der Waals surface area contributed by atoms with Gasteiger partial charge < -0.3 is 5.32 Å². The van der Waals surface area contributed by atoms with Crippen LogP contribution >= 0.6 is 11.3 Å². The molecule has 0 aliphatic heterocycles. The van der Waals surface area contributed by atoms with E-state index in [0.717, 1.165) is 13.1 Å². The number of nitrogens with one attached hydrogen (secondary N) is 1. The SMILES string of the molecule is C[C@H](Cn1cccn1)NCc1ccsc1. The zero-order valence-corrected chi connectivity index (χ0v) is 9.57. The van der Waals surface area contributed by atoms with Crippen molar-refractivity contribution >= 4 is 11.3 Å². The van der Waals surface area contributed by atoms with E-state index in [-0.39, 0.29) is 0 Å². The molecule has 0 saturated carbocycles. The molecule has 2 rings (SSSR count). The minimum absolute atomic E-state index is 0.435. The minimum atomic E-state index is 0.435. The summed E-state index contributed by atoms with van der Waals surface area (Å²) in [4.78, 5) is 0. The Morgan fingerprint density at radius 2 is 2.53 bits per heavy atom. The van der Waals surface area contributed by atoms with Crippen molar-refractivity contribution in [2.45, 2.75) is 26.1 Å². The van der Waals surface area contributed by atoms with Crippen LogP contribution in [0.1, 0.15) is 12.5 Å².